The second-order valence-corrected chi connectivity index (χ2v) is 4.11. The first-order valence-corrected chi connectivity index (χ1v) is 5.56. The number of rotatable bonds is 5. The maximum Gasteiger partial charge on any atom is 0.288 e. The van der Waals surface area contributed by atoms with Gasteiger partial charge in [0.2, 0.25) is 0 Å². The zero-order chi connectivity index (χ0) is 13.7. The Morgan fingerprint density at radius 2 is 2.26 bits per heavy atom. The highest BCUT2D eigenvalue weighted by Gasteiger charge is 2.15. The van der Waals surface area contributed by atoms with E-state index in [0.29, 0.717) is 18.7 Å². The molecule has 0 aliphatic rings. The van der Waals surface area contributed by atoms with Gasteiger partial charge in [-0.2, -0.15) is 0 Å². The van der Waals surface area contributed by atoms with Crippen LogP contribution in [-0.4, -0.2) is 28.4 Å². The first-order valence-electron chi connectivity index (χ1n) is 5.56. The molecule has 1 amide bonds. The molecule has 0 spiro atoms. The Kier molecular flexibility index (Phi) is 6.95. The summed E-state index contributed by atoms with van der Waals surface area (Å²) in [6.45, 7) is 3.90. The molecule has 0 fully saturated rings. The molecule has 0 bridgehead atoms. The first kappa shape index (κ1) is 17.3. The summed E-state index contributed by atoms with van der Waals surface area (Å²) < 4.78 is 0. The summed E-state index contributed by atoms with van der Waals surface area (Å²) in [5, 5.41) is 13.3. The van der Waals surface area contributed by atoms with Crippen molar-refractivity contribution in [1.82, 2.24) is 10.3 Å². The number of aryl methyl sites for hydroxylation is 1. The molecule has 1 unspecified atom stereocenters. The average molecular weight is 289 g/mol. The Morgan fingerprint density at radius 1 is 1.63 bits per heavy atom. The quantitative estimate of drug-likeness (QED) is 0.624. The summed E-state index contributed by atoms with van der Waals surface area (Å²) in [6, 6.07) is 1.22. The number of carbonyl (C=O) groups is 1. The lowest BCUT2D eigenvalue weighted by atomic mass is 10.1. The van der Waals surface area contributed by atoms with E-state index < -0.39 is 4.92 Å². The van der Waals surface area contributed by atoms with E-state index in [-0.39, 0.29) is 35.6 Å². The molecular weight excluding hydrogens is 272 g/mol. The summed E-state index contributed by atoms with van der Waals surface area (Å²) in [7, 11) is 0. The van der Waals surface area contributed by atoms with Crippen LogP contribution in [0.3, 0.4) is 0 Å². The lowest BCUT2D eigenvalue weighted by molar-refractivity contribution is -0.385. The SMILES string of the molecule is Cc1ncc([N+](=O)[O-])cc1C(=O)NCCC(C)N.Cl. The zero-order valence-electron chi connectivity index (χ0n) is 10.8. The molecule has 8 heteroatoms. The molecule has 1 rings (SSSR count). The van der Waals surface area contributed by atoms with E-state index in [9.17, 15) is 14.9 Å². The number of nitrogens with zero attached hydrogens (tertiary/aromatic N) is 2. The van der Waals surface area contributed by atoms with Crippen LogP contribution >= 0.6 is 12.4 Å². The standard InChI is InChI=1S/C11H16N4O3.ClH/c1-7(12)3-4-13-11(16)10-5-9(15(17)18)6-14-8(10)2;/h5-7H,3-4,12H2,1-2H3,(H,13,16);1H. The normalized spacial score (nSPS) is 11.3. The lowest BCUT2D eigenvalue weighted by Crippen LogP contribution is -2.29. The molecule has 0 saturated carbocycles. The molecule has 0 radical (unpaired) electrons. The van der Waals surface area contributed by atoms with Crippen LogP contribution in [0.5, 0.6) is 0 Å². The number of aromatic nitrogens is 1. The topological polar surface area (TPSA) is 111 Å². The highest BCUT2D eigenvalue weighted by Crippen LogP contribution is 2.14. The van der Waals surface area contributed by atoms with Gasteiger partial charge < -0.3 is 11.1 Å². The van der Waals surface area contributed by atoms with Crippen LogP contribution in [0.1, 0.15) is 29.4 Å². The van der Waals surface area contributed by atoms with Crippen molar-refractivity contribution in [1.29, 1.82) is 0 Å². The van der Waals surface area contributed by atoms with Crippen LogP contribution in [0.15, 0.2) is 12.3 Å². The fourth-order valence-corrected chi connectivity index (χ4v) is 1.36. The fraction of sp³-hybridized carbons (Fsp3) is 0.455. The monoisotopic (exact) mass is 288 g/mol. The van der Waals surface area contributed by atoms with E-state index in [2.05, 4.69) is 10.3 Å². The summed E-state index contributed by atoms with van der Waals surface area (Å²) in [5.74, 6) is -0.371. The van der Waals surface area contributed by atoms with Gasteiger partial charge in [0.05, 0.1) is 16.2 Å². The Balaban J connectivity index is 0.00000324. The van der Waals surface area contributed by atoms with E-state index in [1.165, 1.54) is 6.07 Å². The summed E-state index contributed by atoms with van der Waals surface area (Å²) in [6.07, 6.45) is 1.78. The smallest absolute Gasteiger partial charge is 0.288 e. The lowest BCUT2D eigenvalue weighted by Gasteiger charge is -2.08. The molecule has 1 atom stereocenters. The molecular formula is C11H17ClN4O3. The van der Waals surface area contributed by atoms with Crippen LogP contribution in [0, 0.1) is 17.0 Å². The van der Waals surface area contributed by atoms with Gasteiger partial charge in [0.25, 0.3) is 11.6 Å². The number of hydrogen-bond acceptors (Lipinski definition) is 5. The molecule has 0 aromatic carbocycles. The van der Waals surface area contributed by atoms with Gasteiger partial charge in [0.1, 0.15) is 6.20 Å². The number of nitrogens with one attached hydrogen (secondary N) is 1. The number of pyridine rings is 1. The third-order valence-electron chi connectivity index (χ3n) is 2.41. The molecule has 1 aromatic rings. The number of halogens is 1. The summed E-state index contributed by atoms with van der Waals surface area (Å²) in [5.41, 5.74) is 6.04. The van der Waals surface area contributed by atoms with Gasteiger partial charge >= 0.3 is 0 Å². The predicted octanol–water partition coefficient (Wildman–Crippen LogP) is 1.19. The van der Waals surface area contributed by atoms with E-state index in [0.717, 1.165) is 6.20 Å². The minimum atomic E-state index is -0.578. The van der Waals surface area contributed by atoms with Crippen LogP contribution < -0.4 is 11.1 Å². The second kappa shape index (κ2) is 7.65. The van der Waals surface area contributed by atoms with Gasteiger partial charge in [0.15, 0.2) is 0 Å². The van der Waals surface area contributed by atoms with Gasteiger partial charge in [-0.3, -0.25) is 19.9 Å². The summed E-state index contributed by atoms with van der Waals surface area (Å²) >= 11 is 0. The first-order chi connectivity index (χ1) is 8.41. The molecule has 0 saturated heterocycles. The third-order valence-corrected chi connectivity index (χ3v) is 2.41. The van der Waals surface area contributed by atoms with Gasteiger partial charge in [-0.1, -0.05) is 0 Å². The maximum absolute atomic E-state index is 11.8. The van der Waals surface area contributed by atoms with Crippen LogP contribution in [0.4, 0.5) is 5.69 Å². The van der Waals surface area contributed by atoms with Crippen molar-refractivity contribution in [2.75, 3.05) is 6.54 Å². The maximum atomic E-state index is 11.8. The van der Waals surface area contributed by atoms with Crippen molar-refractivity contribution in [2.45, 2.75) is 26.3 Å². The number of amides is 1. The number of carbonyl (C=O) groups excluding carboxylic acids is 1. The van der Waals surface area contributed by atoms with Gasteiger partial charge in [-0.15, -0.1) is 12.4 Å². The molecule has 1 heterocycles. The van der Waals surface area contributed by atoms with E-state index in [4.69, 9.17) is 5.73 Å². The molecule has 0 aliphatic carbocycles. The van der Waals surface area contributed by atoms with Crippen molar-refractivity contribution in [3.8, 4) is 0 Å². The molecule has 106 valence electrons. The highest BCUT2D eigenvalue weighted by atomic mass is 35.5. The zero-order valence-corrected chi connectivity index (χ0v) is 11.6. The van der Waals surface area contributed by atoms with Crippen molar-refractivity contribution in [3.63, 3.8) is 0 Å². The fourth-order valence-electron chi connectivity index (χ4n) is 1.36. The summed E-state index contributed by atoms with van der Waals surface area (Å²) in [4.78, 5) is 25.7. The van der Waals surface area contributed by atoms with E-state index in [1.54, 1.807) is 6.92 Å². The molecule has 3 N–H and O–H groups in total. The van der Waals surface area contributed by atoms with Gasteiger partial charge in [-0.05, 0) is 20.3 Å². The van der Waals surface area contributed by atoms with Crippen LogP contribution in [0.2, 0.25) is 0 Å². The van der Waals surface area contributed by atoms with Crippen molar-refractivity contribution >= 4 is 24.0 Å². The Hall–Kier alpha value is -1.73. The third kappa shape index (κ3) is 5.19. The van der Waals surface area contributed by atoms with Crippen molar-refractivity contribution < 1.29 is 9.72 Å². The molecule has 0 aliphatic heterocycles. The highest BCUT2D eigenvalue weighted by molar-refractivity contribution is 5.95. The van der Waals surface area contributed by atoms with Gasteiger partial charge in [-0.25, -0.2) is 0 Å². The Labute approximate surface area is 117 Å². The minimum Gasteiger partial charge on any atom is -0.352 e. The van der Waals surface area contributed by atoms with Crippen molar-refractivity contribution in [3.05, 3.63) is 33.6 Å². The van der Waals surface area contributed by atoms with E-state index in [1.807, 2.05) is 6.92 Å². The van der Waals surface area contributed by atoms with Crippen molar-refractivity contribution in [2.24, 2.45) is 5.73 Å². The second-order valence-electron chi connectivity index (χ2n) is 4.11. The molecule has 1 aromatic heterocycles. The minimum absolute atomic E-state index is 0. The predicted molar refractivity (Wildman–Crippen MR) is 73.5 cm³/mol. The number of nitro groups is 1. The Bertz CT molecular complexity index is 465. The molecule has 7 nitrogen and oxygen atoms in total. The van der Waals surface area contributed by atoms with Gasteiger partial charge in [0, 0.05) is 18.7 Å². The van der Waals surface area contributed by atoms with Crippen LogP contribution in [-0.2, 0) is 0 Å². The number of nitrogens with two attached hydrogens (primary N) is 1. The largest absolute Gasteiger partial charge is 0.352 e. The average Bonchev–Trinajstić information content (AvgIpc) is 2.28. The van der Waals surface area contributed by atoms with Crippen LogP contribution in [0.25, 0.3) is 0 Å². The Morgan fingerprint density at radius 3 is 2.79 bits per heavy atom. The number of hydrogen-bond donors (Lipinski definition) is 2. The van der Waals surface area contributed by atoms with E-state index >= 15 is 0 Å². The molecule has 19 heavy (non-hydrogen) atoms.